The second-order valence-electron chi connectivity index (χ2n) is 7.25. The van der Waals surface area contributed by atoms with Crippen LogP contribution in [-0.2, 0) is 0 Å². The first-order valence-corrected chi connectivity index (χ1v) is 8.89. The summed E-state index contributed by atoms with van der Waals surface area (Å²) in [6.45, 7) is 7.22. The zero-order valence-corrected chi connectivity index (χ0v) is 14.5. The molecule has 0 saturated heterocycles. The molecule has 23 heavy (non-hydrogen) atoms. The van der Waals surface area contributed by atoms with Crippen LogP contribution in [0.5, 0.6) is 0 Å². The van der Waals surface area contributed by atoms with Crippen molar-refractivity contribution in [1.82, 2.24) is 4.90 Å². The van der Waals surface area contributed by atoms with Crippen LogP contribution in [0.4, 0.5) is 10.5 Å². The zero-order chi connectivity index (χ0) is 16.4. The van der Waals surface area contributed by atoms with Gasteiger partial charge in [0.05, 0.1) is 0 Å². The second-order valence-corrected chi connectivity index (χ2v) is 7.25. The standard InChI is InChI=1S/C20H28N2O/c1-4-15(3)22(13-18-12-16-8-9-17(18)11-16)20(23)21-19-7-5-6-14(2)10-19/h5-10,15-18H,4,11-13H2,1-3H3,(H,21,23). The van der Waals surface area contributed by atoms with E-state index in [4.69, 9.17) is 0 Å². The summed E-state index contributed by atoms with van der Waals surface area (Å²) in [5, 5.41) is 3.09. The molecule has 2 bridgehead atoms. The predicted molar refractivity (Wildman–Crippen MR) is 95.5 cm³/mol. The number of amides is 2. The van der Waals surface area contributed by atoms with Crippen molar-refractivity contribution < 1.29 is 4.79 Å². The molecule has 0 radical (unpaired) electrons. The second kappa shape index (κ2) is 6.77. The molecule has 3 nitrogen and oxygen atoms in total. The number of nitrogens with zero attached hydrogens (tertiary/aromatic N) is 1. The molecule has 1 aromatic rings. The van der Waals surface area contributed by atoms with E-state index in [0.717, 1.165) is 30.1 Å². The van der Waals surface area contributed by atoms with Crippen LogP contribution in [-0.4, -0.2) is 23.5 Å². The van der Waals surface area contributed by atoms with E-state index in [9.17, 15) is 4.79 Å². The smallest absolute Gasteiger partial charge is 0.322 e. The van der Waals surface area contributed by atoms with Gasteiger partial charge in [-0.05, 0) is 68.6 Å². The van der Waals surface area contributed by atoms with E-state index in [2.05, 4.69) is 31.3 Å². The molecule has 4 unspecified atom stereocenters. The summed E-state index contributed by atoms with van der Waals surface area (Å²) in [6.07, 6.45) is 8.25. The van der Waals surface area contributed by atoms with Crippen molar-refractivity contribution in [3.8, 4) is 0 Å². The van der Waals surface area contributed by atoms with Crippen LogP contribution in [0.15, 0.2) is 36.4 Å². The Hall–Kier alpha value is -1.77. The van der Waals surface area contributed by atoms with Gasteiger partial charge in [0.15, 0.2) is 0 Å². The maximum atomic E-state index is 12.8. The number of hydrogen-bond acceptors (Lipinski definition) is 1. The van der Waals surface area contributed by atoms with Crippen LogP contribution in [0.3, 0.4) is 0 Å². The van der Waals surface area contributed by atoms with Crippen molar-refractivity contribution in [2.75, 3.05) is 11.9 Å². The Kier molecular flexibility index (Phi) is 4.74. The molecule has 0 spiro atoms. The Labute approximate surface area is 139 Å². The van der Waals surface area contributed by atoms with Gasteiger partial charge in [0.2, 0.25) is 0 Å². The van der Waals surface area contributed by atoms with Crippen LogP contribution < -0.4 is 5.32 Å². The van der Waals surface area contributed by atoms with E-state index >= 15 is 0 Å². The van der Waals surface area contributed by atoms with Gasteiger partial charge in [-0.15, -0.1) is 0 Å². The molecule has 0 aromatic heterocycles. The third kappa shape index (κ3) is 3.60. The Morgan fingerprint density at radius 3 is 2.78 bits per heavy atom. The lowest BCUT2D eigenvalue weighted by Gasteiger charge is -2.33. The Morgan fingerprint density at radius 2 is 2.17 bits per heavy atom. The topological polar surface area (TPSA) is 32.3 Å². The first-order valence-electron chi connectivity index (χ1n) is 8.89. The van der Waals surface area contributed by atoms with Gasteiger partial charge < -0.3 is 10.2 Å². The summed E-state index contributed by atoms with van der Waals surface area (Å²) in [5.74, 6) is 2.06. The van der Waals surface area contributed by atoms with Gasteiger partial charge in [-0.3, -0.25) is 0 Å². The highest BCUT2D eigenvalue weighted by Gasteiger charge is 2.37. The molecule has 3 rings (SSSR count). The molecule has 124 valence electrons. The molecule has 1 aromatic carbocycles. The summed E-state index contributed by atoms with van der Waals surface area (Å²) in [4.78, 5) is 14.9. The number of carbonyl (C=O) groups excluding carboxylic acids is 1. The van der Waals surface area contributed by atoms with Gasteiger partial charge >= 0.3 is 6.03 Å². The fourth-order valence-electron chi connectivity index (χ4n) is 3.96. The van der Waals surface area contributed by atoms with Crippen LogP contribution in [0.1, 0.15) is 38.7 Å². The Morgan fingerprint density at radius 1 is 1.35 bits per heavy atom. The molecule has 0 aliphatic heterocycles. The highest BCUT2D eigenvalue weighted by molar-refractivity contribution is 5.89. The third-order valence-electron chi connectivity index (χ3n) is 5.50. The lowest BCUT2D eigenvalue weighted by molar-refractivity contribution is 0.171. The maximum Gasteiger partial charge on any atom is 0.322 e. The molecular formula is C20H28N2O. The summed E-state index contributed by atoms with van der Waals surface area (Å²) in [5.41, 5.74) is 2.05. The minimum absolute atomic E-state index is 0.0386. The largest absolute Gasteiger partial charge is 0.322 e. The van der Waals surface area contributed by atoms with E-state index in [1.165, 1.54) is 12.8 Å². The summed E-state index contributed by atoms with van der Waals surface area (Å²) in [7, 11) is 0. The lowest BCUT2D eigenvalue weighted by atomic mass is 9.92. The maximum absolute atomic E-state index is 12.8. The van der Waals surface area contributed by atoms with Gasteiger partial charge in [0, 0.05) is 18.3 Å². The monoisotopic (exact) mass is 312 g/mol. The minimum atomic E-state index is 0.0386. The number of carbonyl (C=O) groups is 1. The summed E-state index contributed by atoms with van der Waals surface area (Å²) in [6, 6.07) is 8.31. The first kappa shape index (κ1) is 16.1. The SMILES string of the molecule is CCC(C)N(CC1CC2C=CC1C2)C(=O)Nc1cccc(C)c1. The molecule has 1 saturated carbocycles. The average molecular weight is 312 g/mol. The first-order chi connectivity index (χ1) is 11.1. The fraction of sp³-hybridized carbons (Fsp3) is 0.550. The van der Waals surface area contributed by atoms with Crippen LogP contribution in [0.25, 0.3) is 0 Å². The van der Waals surface area contributed by atoms with Crippen LogP contribution >= 0.6 is 0 Å². The quantitative estimate of drug-likeness (QED) is 0.775. The number of allylic oxidation sites excluding steroid dienone is 2. The van der Waals surface area contributed by atoms with Crippen molar-refractivity contribution in [3.05, 3.63) is 42.0 Å². The van der Waals surface area contributed by atoms with Crippen molar-refractivity contribution in [2.24, 2.45) is 17.8 Å². The van der Waals surface area contributed by atoms with Crippen molar-refractivity contribution >= 4 is 11.7 Å². The highest BCUT2D eigenvalue weighted by Crippen LogP contribution is 2.43. The number of rotatable bonds is 5. The molecule has 2 aliphatic carbocycles. The summed E-state index contributed by atoms with van der Waals surface area (Å²) < 4.78 is 0. The van der Waals surface area contributed by atoms with Crippen LogP contribution in [0, 0.1) is 24.7 Å². The van der Waals surface area contributed by atoms with Crippen molar-refractivity contribution in [3.63, 3.8) is 0 Å². The van der Waals surface area contributed by atoms with Gasteiger partial charge in [0.1, 0.15) is 0 Å². The normalized spacial score (nSPS) is 26.3. The van der Waals surface area contributed by atoms with E-state index in [1.54, 1.807) is 0 Å². The number of nitrogens with one attached hydrogen (secondary N) is 1. The number of aryl methyl sites for hydroxylation is 1. The van der Waals surface area contributed by atoms with Gasteiger partial charge in [-0.1, -0.05) is 31.2 Å². The average Bonchev–Trinajstić information content (AvgIpc) is 3.14. The fourth-order valence-corrected chi connectivity index (χ4v) is 3.96. The molecule has 1 N–H and O–H groups in total. The molecule has 4 atom stereocenters. The van der Waals surface area contributed by atoms with E-state index in [-0.39, 0.29) is 12.1 Å². The number of fused-ring (bicyclic) bond motifs is 2. The zero-order valence-electron chi connectivity index (χ0n) is 14.5. The molecule has 1 fully saturated rings. The van der Waals surface area contributed by atoms with Crippen molar-refractivity contribution in [2.45, 2.75) is 46.1 Å². The van der Waals surface area contributed by atoms with Gasteiger partial charge in [0.25, 0.3) is 0 Å². The molecule has 2 amide bonds. The predicted octanol–water partition coefficient (Wildman–Crippen LogP) is 4.84. The summed E-state index contributed by atoms with van der Waals surface area (Å²) >= 11 is 0. The number of hydrogen-bond donors (Lipinski definition) is 1. The molecular weight excluding hydrogens is 284 g/mol. The van der Waals surface area contributed by atoms with E-state index in [1.807, 2.05) is 36.1 Å². The van der Waals surface area contributed by atoms with E-state index in [0.29, 0.717) is 11.8 Å². The minimum Gasteiger partial charge on any atom is -0.322 e. The van der Waals surface area contributed by atoms with Gasteiger partial charge in [-0.2, -0.15) is 0 Å². The van der Waals surface area contributed by atoms with Crippen LogP contribution in [0.2, 0.25) is 0 Å². The molecule has 2 aliphatic rings. The third-order valence-corrected chi connectivity index (χ3v) is 5.50. The van der Waals surface area contributed by atoms with Crippen molar-refractivity contribution in [1.29, 1.82) is 0 Å². The molecule has 0 heterocycles. The van der Waals surface area contributed by atoms with E-state index < -0.39 is 0 Å². The Bertz CT molecular complexity index is 595. The number of anilines is 1. The number of benzene rings is 1. The Balaban J connectivity index is 1.68. The number of urea groups is 1. The molecule has 3 heteroatoms. The highest BCUT2D eigenvalue weighted by atomic mass is 16.2. The van der Waals surface area contributed by atoms with Gasteiger partial charge in [-0.25, -0.2) is 4.79 Å². The lowest BCUT2D eigenvalue weighted by Crippen LogP contribution is -2.44.